The van der Waals surface area contributed by atoms with Gasteiger partial charge >= 0.3 is 0 Å². The third-order valence-electron chi connectivity index (χ3n) is 4.60. The van der Waals surface area contributed by atoms with E-state index in [0.29, 0.717) is 17.7 Å². The van der Waals surface area contributed by atoms with Crippen LogP contribution in [0.15, 0.2) is 66.7 Å². The minimum atomic E-state index is -3.60. The molecule has 0 atom stereocenters. The summed E-state index contributed by atoms with van der Waals surface area (Å²) in [5.74, 6) is -9.50. The Labute approximate surface area is 172 Å². The van der Waals surface area contributed by atoms with Crippen molar-refractivity contribution in [2.24, 2.45) is 0 Å². The Bertz CT molecular complexity index is 1040. The normalized spacial score (nSPS) is 12.2. The Morgan fingerprint density at radius 2 is 1.20 bits per heavy atom. The van der Waals surface area contributed by atoms with Crippen LogP contribution in [0, 0.1) is 29.1 Å². The fourth-order valence-corrected chi connectivity index (χ4v) is 5.23. The molecule has 0 aliphatic rings. The van der Waals surface area contributed by atoms with Crippen LogP contribution in [0.3, 0.4) is 0 Å². The number of allylic oxidation sites excluding steroid dienone is 1. The van der Waals surface area contributed by atoms with E-state index in [1.165, 1.54) is 13.1 Å². The molecule has 0 bridgehead atoms. The summed E-state index contributed by atoms with van der Waals surface area (Å²) < 4.78 is 75.8. The molecule has 0 saturated carbocycles. The van der Waals surface area contributed by atoms with E-state index in [2.05, 4.69) is 0 Å². The Morgan fingerprint density at radius 1 is 0.733 bits per heavy atom. The molecule has 0 aliphatic heterocycles. The maximum Gasteiger partial charge on any atom is 0.282 e. The maximum atomic E-state index is 14.4. The lowest BCUT2D eigenvalue weighted by Crippen LogP contribution is -2.49. The van der Waals surface area contributed by atoms with E-state index in [-0.39, 0.29) is 0 Å². The van der Waals surface area contributed by atoms with Crippen LogP contribution < -0.4 is 5.19 Å². The first-order valence-electron chi connectivity index (χ1n) is 9.23. The van der Waals surface area contributed by atoms with Crippen LogP contribution in [0.1, 0.15) is 11.1 Å². The van der Waals surface area contributed by atoms with Crippen molar-refractivity contribution in [3.05, 3.63) is 107 Å². The van der Waals surface area contributed by atoms with Crippen molar-refractivity contribution in [3.63, 3.8) is 0 Å². The van der Waals surface area contributed by atoms with E-state index >= 15 is 0 Å². The second kappa shape index (κ2) is 8.83. The fourth-order valence-electron chi connectivity index (χ4n) is 3.10. The predicted octanol–water partition coefficient (Wildman–Crippen LogP) is 6.09. The monoisotopic (exact) mass is 434 g/mol. The first kappa shape index (κ1) is 21.8. The van der Waals surface area contributed by atoms with Crippen molar-refractivity contribution in [2.75, 3.05) is 0 Å². The minimum absolute atomic E-state index is 0.320. The zero-order valence-corrected chi connectivity index (χ0v) is 17.4. The summed E-state index contributed by atoms with van der Waals surface area (Å²) in [6, 6.07) is 18.3. The quantitative estimate of drug-likeness (QED) is 0.150. The van der Waals surface area contributed by atoms with Crippen molar-refractivity contribution in [1.29, 1.82) is 0 Å². The van der Waals surface area contributed by atoms with Crippen LogP contribution in [-0.2, 0) is 10.8 Å². The smallest absolute Gasteiger partial charge is 0.282 e. The third kappa shape index (κ3) is 4.46. The highest BCUT2D eigenvalue weighted by molar-refractivity contribution is 6.85. The lowest BCUT2D eigenvalue weighted by atomic mass is 10.1. The molecule has 0 N–H and O–H groups in total. The van der Waals surface area contributed by atoms with Crippen LogP contribution in [0.2, 0.25) is 13.1 Å². The molecular formula is C23H19F5OSi. The van der Waals surface area contributed by atoms with Crippen molar-refractivity contribution in [3.8, 4) is 0 Å². The SMILES string of the molecule is C[Si](C)(O/C(=C/Cc1ccccc1)c1ccccc1)c1c(F)c(F)c(F)c(F)c1F. The topological polar surface area (TPSA) is 9.23 Å². The van der Waals surface area contributed by atoms with Gasteiger partial charge in [0.05, 0.1) is 5.19 Å². The van der Waals surface area contributed by atoms with Crippen LogP contribution in [0.4, 0.5) is 22.0 Å². The van der Waals surface area contributed by atoms with E-state index < -0.39 is 42.6 Å². The van der Waals surface area contributed by atoms with E-state index in [1.54, 1.807) is 36.4 Å². The van der Waals surface area contributed by atoms with Gasteiger partial charge in [-0.1, -0.05) is 60.7 Å². The molecule has 0 saturated heterocycles. The molecule has 30 heavy (non-hydrogen) atoms. The first-order chi connectivity index (χ1) is 14.2. The van der Waals surface area contributed by atoms with Crippen molar-refractivity contribution in [2.45, 2.75) is 19.5 Å². The van der Waals surface area contributed by atoms with Gasteiger partial charge in [-0.05, 0) is 31.2 Å². The Balaban J connectivity index is 2.04. The van der Waals surface area contributed by atoms with Crippen molar-refractivity contribution in [1.82, 2.24) is 0 Å². The number of halogens is 5. The molecule has 0 unspecified atom stereocenters. The molecule has 3 aromatic carbocycles. The van der Waals surface area contributed by atoms with Crippen molar-refractivity contribution < 1.29 is 26.4 Å². The number of hydrogen-bond acceptors (Lipinski definition) is 1. The summed E-state index contributed by atoms with van der Waals surface area (Å²) in [5, 5.41) is -0.888. The first-order valence-corrected chi connectivity index (χ1v) is 12.1. The van der Waals surface area contributed by atoms with Gasteiger partial charge in [-0.15, -0.1) is 0 Å². The molecule has 0 fully saturated rings. The van der Waals surface area contributed by atoms with Gasteiger partial charge in [-0.25, -0.2) is 22.0 Å². The summed E-state index contributed by atoms with van der Waals surface area (Å²) in [7, 11) is -3.60. The molecule has 0 amide bonds. The highest BCUT2D eigenvalue weighted by Gasteiger charge is 2.40. The molecule has 0 aromatic heterocycles. The van der Waals surface area contributed by atoms with Gasteiger partial charge in [0, 0.05) is 5.56 Å². The molecular weight excluding hydrogens is 415 g/mol. The third-order valence-corrected chi connectivity index (χ3v) is 6.97. The van der Waals surface area contributed by atoms with E-state index in [9.17, 15) is 22.0 Å². The molecule has 0 spiro atoms. The molecule has 7 heteroatoms. The van der Waals surface area contributed by atoms with E-state index in [0.717, 1.165) is 5.56 Å². The highest BCUT2D eigenvalue weighted by Crippen LogP contribution is 2.26. The van der Waals surface area contributed by atoms with Gasteiger partial charge in [-0.3, -0.25) is 0 Å². The van der Waals surface area contributed by atoms with E-state index in [4.69, 9.17) is 4.43 Å². The summed E-state index contributed by atoms with van der Waals surface area (Å²) in [6.07, 6.45) is 2.21. The fraction of sp³-hybridized carbons (Fsp3) is 0.130. The number of benzene rings is 3. The van der Waals surface area contributed by atoms with Crippen LogP contribution in [-0.4, -0.2) is 8.32 Å². The van der Waals surface area contributed by atoms with E-state index in [1.807, 2.05) is 30.3 Å². The van der Waals surface area contributed by atoms with Crippen molar-refractivity contribution >= 4 is 19.3 Å². The maximum absolute atomic E-state index is 14.4. The zero-order valence-electron chi connectivity index (χ0n) is 16.4. The molecule has 1 nitrogen and oxygen atoms in total. The van der Waals surface area contributed by atoms with Gasteiger partial charge in [0.15, 0.2) is 23.3 Å². The standard InChI is InChI=1S/C23H19F5OSi/c1-30(2,23-21(27)19(25)18(24)20(26)22(23)28)29-17(16-11-7-4-8-12-16)14-13-15-9-5-3-6-10-15/h3-12,14H,13H2,1-2H3/b17-14+. The second-order valence-corrected chi connectivity index (χ2v) is 10.9. The molecule has 3 rings (SSSR count). The summed E-state index contributed by atoms with van der Waals surface area (Å²) in [6.45, 7) is 2.79. The summed E-state index contributed by atoms with van der Waals surface area (Å²) in [5.41, 5.74) is 1.61. The Hall–Kier alpha value is -2.93. The Morgan fingerprint density at radius 3 is 1.73 bits per heavy atom. The van der Waals surface area contributed by atoms with Crippen LogP contribution in [0.25, 0.3) is 5.76 Å². The lowest BCUT2D eigenvalue weighted by molar-refractivity contribution is 0.381. The summed E-state index contributed by atoms with van der Waals surface area (Å²) in [4.78, 5) is 0. The number of rotatable bonds is 6. The minimum Gasteiger partial charge on any atom is -0.539 e. The molecule has 3 aromatic rings. The lowest BCUT2D eigenvalue weighted by Gasteiger charge is -2.27. The second-order valence-electron chi connectivity index (χ2n) is 7.18. The molecule has 156 valence electrons. The van der Waals surface area contributed by atoms with Gasteiger partial charge in [-0.2, -0.15) is 0 Å². The largest absolute Gasteiger partial charge is 0.539 e. The average molecular weight is 434 g/mol. The zero-order chi connectivity index (χ0) is 21.9. The Kier molecular flexibility index (Phi) is 6.41. The van der Waals surface area contributed by atoms with Crippen LogP contribution in [0.5, 0.6) is 0 Å². The molecule has 0 heterocycles. The molecule has 0 radical (unpaired) electrons. The highest BCUT2D eigenvalue weighted by atomic mass is 28.4. The predicted molar refractivity (Wildman–Crippen MR) is 109 cm³/mol. The summed E-state index contributed by atoms with van der Waals surface area (Å²) >= 11 is 0. The van der Waals surface area contributed by atoms with Crippen LogP contribution >= 0.6 is 0 Å². The number of hydrogen-bond donors (Lipinski definition) is 0. The van der Waals surface area contributed by atoms with Gasteiger partial charge in [0.25, 0.3) is 8.32 Å². The average Bonchev–Trinajstić information content (AvgIpc) is 2.75. The van der Waals surface area contributed by atoms with Gasteiger partial charge < -0.3 is 4.43 Å². The van der Waals surface area contributed by atoms with Gasteiger partial charge in [0.2, 0.25) is 5.82 Å². The van der Waals surface area contributed by atoms with Gasteiger partial charge in [0.1, 0.15) is 5.76 Å². The molecule has 0 aliphatic carbocycles.